The first-order chi connectivity index (χ1) is 20.7. The van der Waals surface area contributed by atoms with Crippen LogP contribution in [0.25, 0.3) is 44.1 Å². The number of anilines is 2. The van der Waals surface area contributed by atoms with E-state index in [0.29, 0.717) is 62.7 Å². The van der Waals surface area contributed by atoms with E-state index in [1.807, 2.05) is 0 Å². The van der Waals surface area contributed by atoms with Crippen LogP contribution in [-0.4, -0.2) is 74.3 Å². The second-order valence-electron chi connectivity index (χ2n) is 12.0. The maximum Gasteiger partial charge on any atom is 0.341 e. The van der Waals surface area contributed by atoms with Crippen molar-refractivity contribution in [1.82, 2.24) is 24.4 Å². The van der Waals surface area contributed by atoms with Gasteiger partial charge in [0.05, 0.1) is 33.1 Å². The van der Waals surface area contributed by atoms with Crippen LogP contribution in [0.2, 0.25) is 0 Å². The summed E-state index contributed by atoms with van der Waals surface area (Å²) in [6.45, 7) is 2.55. The number of pyridine rings is 3. The maximum atomic E-state index is 15.7. The third-order valence-corrected chi connectivity index (χ3v) is 9.51. The van der Waals surface area contributed by atoms with Crippen molar-refractivity contribution >= 4 is 50.3 Å². The molecule has 4 aromatic heterocycles. The number of hydrogen-bond donors (Lipinski definition) is 3. The van der Waals surface area contributed by atoms with E-state index in [1.54, 1.807) is 32.6 Å². The van der Waals surface area contributed by atoms with Crippen molar-refractivity contribution in [2.24, 2.45) is 13.0 Å². The minimum atomic E-state index is -1.32. The first-order valence-electron chi connectivity index (χ1n) is 14.5. The van der Waals surface area contributed by atoms with Crippen LogP contribution in [0.15, 0.2) is 35.5 Å². The number of rotatable bonds is 5. The second kappa shape index (κ2) is 9.21. The largest absolute Gasteiger partial charge is 0.477 e. The fraction of sp³-hybridized carbons (Fsp3) is 0.355. The Hall–Kier alpha value is -4.58. The van der Waals surface area contributed by atoms with Gasteiger partial charge in [-0.1, -0.05) is 0 Å². The first kappa shape index (κ1) is 26.1. The molecule has 12 heteroatoms. The number of likely N-dealkylation sites (tertiary alicyclic amines) is 1. The lowest BCUT2D eigenvalue weighted by atomic mass is 10.0. The summed E-state index contributed by atoms with van der Waals surface area (Å²) in [7, 11) is 3.29. The minimum absolute atomic E-state index is 0.109. The van der Waals surface area contributed by atoms with Gasteiger partial charge in [0.1, 0.15) is 16.9 Å². The molecule has 5 aromatic rings. The van der Waals surface area contributed by atoms with Crippen LogP contribution in [0.5, 0.6) is 0 Å². The molecule has 3 aliphatic rings. The Labute approximate surface area is 243 Å². The highest BCUT2D eigenvalue weighted by atomic mass is 19.2. The van der Waals surface area contributed by atoms with Crippen molar-refractivity contribution in [1.29, 1.82) is 0 Å². The zero-order valence-electron chi connectivity index (χ0n) is 23.6. The third kappa shape index (κ3) is 3.78. The summed E-state index contributed by atoms with van der Waals surface area (Å²) in [5.74, 6) is -2.81. The summed E-state index contributed by atoms with van der Waals surface area (Å²) < 4.78 is 32.2. The number of nitrogens with zero attached hydrogens (tertiary/aromatic N) is 5. The summed E-state index contributed by atoms with van der Waals surface area (Å²) in [6.07, 6.45) is 8.05. The molecule has 6 heterocycles. The number of carboxylic acids is 1. The average molecular weight is 586 g/mol. The highest BCUT2D eigenvalue weighted by Crippen LogP contribution is 2.47. The highest BCUT2D eigenvalue weighted by molar-refractivity contribution is 6.18. The van der Waals surface area contributed by atoms with Crippen molar-refractivity contribution < 1.29 is 18.7 Å². The molecule has 43 heavy (non-hydrogen) atoms. The number of aromatic amines is 1. The highest BCUT2D eigenvalue weighted by Gasteiger charge is 2.47. The van der Waals surface area contributed by atoms with Crippen molar-refractivity contribution in [3.8, 4) is 11.1 Å². The molecule has 0 spiro atoms. The molecule has 2 saturated heterocycles. The Balaban J connectivity index is 1.40. The standard InChI is InChI=1S/C31H29F2N7O3/c1-34-21-8-20(32)25(33)23-24-27(39-11-14-5-6-40(16-3-4-16)22(14)13-39)18(10-35-29(24)37-26(21)23)15-7-17-28(41)19(31(42)43)12-38(2)30(17)36-9-15/h7-10,12,14,16,22,34H,3-6,11,13H2,1-2H3,(H,35,37)(H,42,43)/t14-,22+/m1/s1. The summed E-state index contributed by atoms with van der Waals surface area (Å²) in [5, 5.41) is 13.3. The fourth-order valence-corrected chi connectivity index (χ4v) is 7.38. The van der Waals surface area contributed by atoms with Gasteiger partial charge in [-0.3, -0.25) is 9.69 Å². The van der Waals surface area contributed by atoms with Crippen molar-refractivity contribution in [2.45, 2.75) is 31.3 Å². The van der Waals surface area contributed by atoms with Gasteiger partial charge in [0.25, 0.3) is 0 Å². The second-order valence-corrected chi connectivity index (χ2v) is 12.0. The molecule has 0 radical (unpaired) electrons. The number of H-pyrrole nitrogens is 1. The Morgan fingerprint density at radius 3 is 2.67 bits per heavy atom. The van der Waals surface area contributed by atoms with E-state index < -0.39 is 23.0 Å². The number of halogens is 2. The maximum absolute atomic E-state index is 15.7. The number of aryl methyl sites for hydroxylation is 1. The Morgan fingerprint density at radius 1 is 1.12 bits per heavy atom. The minimum Gasteiger partial charge on any atom is -0.477 e. The van der Waals surface area contributed by atoms with Crippen molar-refractivity contribution in [3.05, 3.63) is 58.1 Å². The monoisotopic (exact) mass is 585 g/mol. The van der Waals surface area contributed by atoms with E-state index in [9.17, 15) is 19.1 Å². The van der Waals surface area contributed by atoms with Crippen LogP contribution >= 0.6 is 0 Å². The third-order valence-electron chi connectivity index (χ3n) is 9.51. The zero-order valence-corrected chi connectivity index (χ0v) is 23.6. The first-order valence-corrected chi connectivity index (χ1v) is 14.5. The van der Waals surface area contributed by atoms with Crippen molar-refractivity contribution in [3.63, 3.8) is 0 Å². The lowest BCUT2D eigenvalue weighted by Crippen LogP contribution is -2.36. The van der Waals surface area contributed by atoms with Gasteiger partial charge in [-0.2, -0.15) is 0 Å². The molecule has 1 aliphatic carbocycles. The van der Waals surface area contributed by atoms with Gasteiger partial charge >= 0.3 is 5.97 Å². The van der Waals surface area contributed by atoms with Crippen LogP contribution in [0.4, 0.5) is 20.2 Å². The quantitative estimate of drug-likeness (QED) is 0.279. The molecule has 2 aliphatic heterocycles. The molecule has 10 nitrogen and oxygen atoms in total. The molecular weight excluding hydrogens is 556 g/mol. The number of aromatic carboxylic acids is 1. The van der Waals surface area contributed by atoms with Gasteiger partial charge in [-0.05, 0) is 37.8 Å². The summed E-state index contributed by atoms with van der Waals surface area (Å²) >= 11 is 0. The van der Waals surface area contributed by atoms with Crippen LogP contribution in [0, 0.1) is 17.6 Å². The summed E-state index contributed by atoms with van der Waals surface area (Å²) in [6, 6.07) is 3.74. The van der Waals surface area contributed by atoms with Gasteiger partial charge in [0.2, 0.25) is 5.43 Å². The fourth-order valence-electron chi connectivity index (χ4n) is 7.38. The molecule has 8 rings (SSSR count). The van der Waals surface area contributed by atoms with Crippen LogP contribution in [0.3, 0.4) is 0 Å². The zero-order chi connectivity index (χ0) is 29.7. The average Bonchev–Trinajstić information content (AvgIpc) is 3.45. The van der Waals surface area contributed by atoms with E-state index >= 15 is 4.39 Å². The van der Waals surface area contributed by atoms with Gasteiger partial charge in [0, 0.05) is 75.1 Å². The SMILES string of the molecule is CNc1cc(F)c(F)c2c1[nH]c1ncc(-c3cnc4c(c3)c(=O)c(C(=O)O)cn4C)c(N3C[C@H]4CCN(C5CC5)[C@H]4C3)c12. The van der Waals surface area contributed by atoms with Gasteiger partial charge in [-0.15, -0.1) is 0 Å². The number of nitrogens with one attached hydrogen (secondary N) is 2. The molecule has 2 atom stereocenters. The Bertz CT molecular complexity index is 2070. The lowest BCUT2D eigenvalue weighted by Gasteiger charge is -2.27. The molecule has 3 N–H and O–H groups in total. The number of fused-ring (bicyclic) bond motifs is 5. The molecule has 3 fully saturated rings. The normalized spacial score (nSPS) is 20.5. The smallest absolute Gasteiger partial charge is 0.341 e. The number of aromatic nitrogens is 4. The predicted octanol–water partition coefficient (Wildman–Crippen LogP) is 4.32. The summed E-state index contributed by atoms with van der Waals surface area (Å²) in [4.78, 5) is 42.3. The number of carbonyl (C=O) groups is 1. The van der Waals surface area contributed by atoms with E-state index in [1.165, 1.54) is 23.6 Å². The van der Waals surface area contributed by atoms with E-state index in [-0.39, 0.29) is 16.3 Å². The Kier molecular flexibility index (Phi) is 5.58. The van der Waals surface area contributed by atoms with Gasteiger partial charge in [-0.25, -0.2) is 23.5 Å². The Morgan fingerprint density at radius 2 is 1.93 bits per heavy atom. The molecule has 1 aromatic carbocycles. The summed E-state index contributed by atoms with van der Waals surface area (Å²) in [5.41, 5.74) is 2.43. The molecule has 1 saturated carbocycles. The van der Waals surface area contributed by atoms with Crippen LogP contribution in [0.1, 0.15) is 29.6 Å². The molecular formula is C31H29F2N7O3. The van der Waals surface area contributed by atoms with Gasteiger partial charge < -0.3 is 24.9 Å². The molecule has 220 valence electrons. The molecule has 0 bridgehead atoms. The number of carboxylic acid groups (broad SMARTS) is 1. The lowest BCUT2D eigenvalue weighted by molar-refractivity contribution is 0.0695. The molecule has 0 amide bonds. The topological polar surface area (TPSA) is 119 Å². The number of benzene rings is 1. The number of hydrogen-bond acceptors (Lipinski definition) is 7. The van der Waals surface area contributed by atoms with E-state index in [2.05, 4.69) is 30.1 Å². The van der Waals surface area contributed by atoms with Crippen LogP contribution < -0.4 is 15.6 Å². The predicted molar refractivity (Wildman–Crippen MR) is 160 cm³/mol. The van der Waals surface area contributed by atoms with Crippen molar-refractivity contribution in [2.75, 3.05) is 36.9 Å². The molecule has 0 unspecified atom stereocenters. The van der Waals surface area contributed by atoms with Gasteiger partial charge in [0.15, 0.2) is 11.6 Å². The van der Waals surface area contributed by atoms with Crippen LogP contribution in [-0.2, 0) is 7.05 Å². The van der Waals surface area contributed by atoms with E-state index in [4.69, 9.17) is 0 Å². The van der Waals surface area contributed by atoms with E-state index in [0.717, 1.165) is 32.1 Å².